The lowest BCUT2D eigenvalue weighted by Gasteiger charge is -1.90. The van der Waals surface area contributed by atoms with Gasteiger partial charge in [-0.1, -0.05) is 0 Å². The van der Waals surface area contributed by atoms with Gasteiger partial charge in [0, 0.05) is 18.5 Å². The third kappa shape index (κ3) is 1.81. The summed E-state index contributed by atoms with van der Waals surface area (Å²) in [6.45, 7) is 1.46. The lowest BCUT2D eigenvalue weighted by atomic mass is 10.7. The topological polar surface area (TPSA) is 42.0 Å². The van der Waals surface area contributed by atoms with Crippen LogP contribution in [0, 0.1) is 0 Å². The van der Waals surface area contributed by atoms with Gasteiger partial charge in [0.25, 0.3) is 0 Å². The van der Waals surface area contributed by atoms with Gasteiger partial charge in [0.05, 0.1) is 0 Å². The number of amides is 1. The summed E-state index contributed by atoms with van der Waals surface area (Å²) in [6.07, 6.45) is 1.65. The van der Waals surface area contributed by atoms with E-state index in [0.717, 1.165) is 0 Å². The number of rotatable bonds is 1. The van der Waals surface area contributed by atoms with Crippen LogP contribution < -0.4 is 5.32 Å². The van der Waals surface area contributed by atoms with E-state index in [1.807, 2.05) is 5.38 Å². The molecule has 1 amide bonds. The van der Waals surface area contributed by atoms with Crippen LogP contribution in [0.4, 0.5) is 5.13 Å². The van der Waals surface area contributed by atoms with E-state index >= 15 is 0 Å². The van der Waals surface area contributed by atoms with E-state index < -0.39 is 0 Å². The molecular weight excluding hydrogens is 136 g/mol. The molecule has 48 valence electrons. The molecule has 3 nitrogen and oxygen atoms in total. The molecule has 0 saturated heterocycles. The van der Waals surface area contributed by atoms with Gasteiger partial charge in [0.1, 0.15) is 0 Å². The van der Waals surface area contributed by atoms with Crippen molar-refractivity contribution in [2.75, 3.05) is 5.32 Å². The van der Waals surface area contributed by atoms with E-state index in [-0.39, 0.29) is 5.91 Å². The first-order chi connectivity index (χ1) is 4.29. The number of anilines is 1. The maximum Gasteiger partial charge on any atom is 0.223 e. The van der Waals surface area contributed by atoms with E-state index in [1.54, 1.807) is 6.20 Å². The lowest BCUT2D eigenvalue weighted by Crippen LogP contribution is -2.04. The Kier molecular flexibility index (Phi) is 1.79. The molecule has 0 aliphatic rings. The number of thiazole rings is 1. The van der Waals surface area contributed by atoms with Gasteiger partial charge in [-0.3, -0.25) is 4.79 Å². The molecular formula is C5H6N2OS. The van der Waals surface area contributed by atoms with Crippen molar-refractivity contribution in [3.05, 3.63) is 11.6 Å². The first kappa shape index (κ1) is 6.22. The third-order valence-electron chi connectivity index (χ3n) is 0.715. The summed E-state index contributed by atoms with van der Waals surface area (Å²) in [7, 11) is 0. The van der Waals surface area contributed by atoms with E-state index in [0.29, 0.717) is 5.13 Å². The molecule has 0 saturated carbocycles. The third-order valence-corrected chi connectivity index (χ3v) is 1.40. The van der Waals surface area contributed by atoms with E-state index in [9.17, 15) is 4.79 Å². The van der Waals surface area contributed by atoms with Crippen LogP contribution in [0.3, 0.4) is 0 Å². The number of hydrogen-bond donors (Lipinski definition) is 1. The van der Waals surface area contributed by atoms with Gasteiger partial charge in [-0.05, 0) is 0 Å². The van der Waals surface area contributed by atoms with Crippen LogP contribution in [-0.2, 0) is 4.79 Å². The molecule has 1 N–H and O–H groups in total. The van der Waals surface area contributed by atoms with Crippen LogP contribution in [-0.4, -0.2) is 10.9 Å². The van der Waals surface area contributed by atoms with E-state index in [2.05, 4.69) is 10.3 Å². The molecule has 0 fully saturated rings. The molecule has 9 heavy (non-hydrogen) atoms. The molecule has 0 atom stereocenters. The quantitative estimate of drug-likeness (QED) is 0.638. The second kappa shape index (κ2) is 2.59. The highest BCUT2D eigenvalue weighted by molar-refractivity contribution is 7.13. The highest BCUT2D eigenvalue weighted by atomic mass is 32.1. The van der Waals surface area contributed by atoms with Gasteiger partial charge in [0.15, 0.2) is 5.13 Å². The van der Waals surface area contributed by atoms with Crippen LogP contribution in [0.15, 0.2) is 11.6 Å². The van der Waals surface area contributed by atoms with Crippen molar-refractivity contribution >= 4 is 22.4 Å². The molecule has 0 unspecified atom stereocenters. The Balaban J connectivity index is 2.58. The number of carbonyl (C=O) groups is 1. The molecule has 0 aromatic carbocycles. The zero-order valence-electron chi connectivity index (χ0n) is 4.92. The summed E-state index contributed by atoms with van der Waals surface area (Å²) in [5.74, 6) is -0.0787. The van der Waals surface area contributed by atoms with Crippen LogP contribution in [0.1, 0.15) is 6.92 Å². The Morgan fingerprint density at radius 2 is 2.67 bits per heavy atom. The Hall–Kier alpha value is -0.900. The SMILES string of the molecule is CC(=O)Nc1nccs1. The number of aromatic nitrogens is 1. The minimum absolute atomic E-state index is 0.0787. The number of nitrogens with zero attached hydrogens (tertiary/aromatic N) is 1. The van der Waals surface area contributed by atoms with Crippen LogP contribution in [0.25, 0.3) is 0 Å². The van der Waals surface area contributed by atoms with Crippen molar-refractivity contribution in [3.8, 4) is 0 Å². The van der Waals surface area contributed by atoms with E-state index in [1.165, 1.54) is 18.3 Å². The standard InChI is InChI=1S/C5H6N2OS/c1-4(8)7-5-6-2-3-9-5/h2-3H,1H3,(H,6,7,8). The number of nitrogens with one attached hydrogen (secondary N) is 1. The maximum absolute atomic E-state index is 10.4. The summed E-state index contributed by atoms with van der Waals surface area (Å²) in [5.41, 5.74) is 0. The summed E-state index contributed by atoms with van der Waals surface area (Å²) in [6, 6.07) is 0. The average molecular weight is 142 g/mol. The van der Waals surface area contributed by atoms with Gasteiger partial charge in [-0.2, -0.15) is 0 Å². The molecule has 4 heteroatoms. The molecule has 0 radical (unpaired) electrons. The Morgan fingerprint density at radius 1 is 1.89 bits per heavy atom. The average Bonchev–Trinajstić information content (AvgIpc) is 2.15. The fourth-order valence-corrected chi connectivity index (χ4v) is 1.01. The largest absolute Gasteiger partial charge is 0.302 e. The van der Waals surface area contributed by atoms with Crippen LogP contribution >= 0.6 is 11.3 Å². The minimum atomic E-state index is -0.0787. The normalized spacial score (nSPS) is 9.00. The molecule has 1 aromatic heterocycles. The number of carbonyl (C=O) groups excluding carboxylic acids is 1. The highest BCUT2D eigenvalue weighted by Crippen LogP contribution is 2.08. The van der Waals surface area contributed by atoms with Gasteiger partial charge in [0.2, 0.25) is 5.91 Å². The first-order valence-electron chi connectivity index (χ1n) is 2.46. The summed E-state index contributed by atoms with van der Waals surface area (Å²) >= 11 is 1.41. The zero-order valence-corrected chi connectivity index (χ0v) is 5.73. The maximum atomic E-state index is 10.4. The van der Waals surface area contributed by atoms with Crippen molar-refractivity contribution < 1.29 is 4.79 Å². The molecule has 0 spiro atoms. The van der Waals surface area contributed by atoms with Crippen molar-refractivity contribution in [2.45, 2.75) is 6.92 Å². The van der Waals surface area contributed by atoms with Crippen molar-refractivity contribution in [2.24, 2.45) is 0 Å². The predicted molar refractivity (Wildman–Crippen MR) is 36.4 cm³/mol. The van der Waals surface area contributed by atoms with Crippen molar-refractivity contribution in [1.82, 2.24) is 4.98 Å². The van der Waals surface area contributed by atoms with Crippen molar-refractivity contribution in [1.29, 1.82) is 0 Å². The van der Waals surface area contributed by atoms with Crippen LogP contribution in [0.5, 0.6) is 0 Å². The Morgan fingerprint density at radius 3 is 3.11 bits per heavy atom. The molecule has 0 aliphatic heterocycles. The Bertz CT molecular complexity index is 195. The van der Waals surface area contributed by atoms with Gasteiger partial charge < -0.3 is 5.32 Å². The summed E-state index contributed by atoms with van der Waals surface area (Å²) in [5, 5.41) is 5.02. The summed E-state index contributed by atoms with van der Waals surface area (Å²) < 4.78 is 0. The molecule has 1 aromatic rings. The minimum Gasteiger partial charge on any atom is -0.302 e. The second-order valence-electron chi connectivity index (χ2n) is 1.52. The molecule has 1 heterocycles. The lowest BCUT2D eigenvalue weighted by molar-refractivity contribution is -0.114. The number of hydrogen-bond acceptors (Lipinski definition) is 3. The highest BCUT2D eigenvalue weighted by Gasteiger charge is 1.93. The van der Waals surface area contributed by atoms with Crippen LogP contribution in [0.2, 0.25) is 0 Å². The summed E-state index contributed by atoms with van der Waals surface area (Å²) in [4.78, 5) is 14.2. The molecule has 1 rings (SSSR count). The fourth-order valence-electron chi connectivity index (χ4n) is 0.436. The second-order valence-corrected chi connectivity index (χ2v) is 2.41. The Labute approximate surface area is 56.7 Å². The predicted octanol–water partition coefficient (Wildman–Crippen LogP) is 1.10. The van der Waals surface area contributed by atoms with Gasteiger partial charge in [-0.15, -0.1) is 11.3 Å². The first-order valence-corrected chi connectivity index (χ1v) is 3.34. The monoisotopic (exact) mass is 142 g/mol. The smallest absolute Gasteiger partial charge is 0.223 e. The van der Waals surface area contributed by atoms with Crippen molar-refractivity contribution in [3.63, 3.8) is 0 Å². The molecule has 0 aliphatic carbocycles. The van der Waals surface area contributed by atoms with E-state index in [4.69, 9.17) is 0 Å². The fraction of sp³-hybridized carbons (Fsp3) is 0.200. The van der Waals surface area contributed by atoms with Gasteiger partial charge in [-0.25, -0.2) is 4.98 Å². The molecule has 0 bridgehead atoms. The van der Waals surface area contributed by atoms with Gasteiger partial charge >= 0.3 is 0 Å². The zero-order chi connectivity index (χ0) is 6.69.